The molecule has 0 aliphatic heterocycles. The van der Waals surface area contributed by atoms with Crippen molar-refractivity contribution in [3.8, 4) is 22.5 Å². The molecule has 8 rings (SSSR count). The molecule has 0 atom stereocenters. The summed E-state index contributed by atoms with van der Waals surface area (Å²) in [5, 5.41) is 2.05. The Morgan fingerprint density at radius 1 is 0.587 bits per heavy atom. The number of benzene rings is 4. The van der Waals surface area contributed by atoms with E-state index >= 15 is 0 Å². The van der Waals surface area contributed by atoms with Gasteiger partial charge in [-0.3, -0.25) is 4.98 Å². The van der Waals surface area contributed by atoms with Crippen LogP contribution in [0.3, 0.4) is 0 Å². The van der Waals surface area contributed by atoms with Crippen molar-refractivity contribution in [1.29, 1.82) is 0 Å². The number of aromatic nitrogens is 4. The van der Waals surface area contributed by atoms with Crippen LogP contribution in [-0.2, 0) is 42.8 Å². The van der Waals surface area contributed by atoms with Gasteiger partial charge in [-0.1, -0.05) is 145 Å². The molecule has 7 heteroatoms. The topological polar surface area (TPSA) is 77.8 Å². The number of hydrogen-bond donors (Lipinski definition) is 0. The average Bonchev–Trinajstić information content (AvgIpc) is 3.83. The van der Waals surface area contributed by atoms with Crippen molar-refractivity contribution in [3.63, 3.8) is 0 Å². The number of fused-ring (bicyclic) bond motifs is 4. The van der Waals surface area contributed by atoms with Crippen molar-refractivity contribution in [3.05, 3.63) is 142 Å². The number of oxazole rings is 1. The molecule has 0 N–H and O–H groups in total. The summed E-state index contributed by atoms with van der Waals surface area (Å²) < 4.78 is 13.6. The van der Waals surface area contributed by atoms with Gasteiger partial charge in [-0.25, -0.2) is 9.97 Å². The van der Waals surface area contributed by atoms with Crippen LogP contribution in [0.4, 0.5) is 0 Å². The van der Waals surface area contributed by atoms with Gasteiger partial charge in [0.2, 0.25) is 5.89 Å². The number of nitrogens with zero attached hydrogens (tertiary/aromatic N) is 4. The van der Waals surface area contributed by atoms with E-state index in [0.717, 1.165) is 72.7 Å². The molecule has 4 aromatic carbocycles. The first-order valence-corrected chi connectivity index (χ1v) is 22.2. The second-order valence-corrected chi connectivity index (χ2v) is 20.9. The van der Waals surface area contributed by atoms with Crippen LogP contribution < -0.4 is 0 Å². The quantitative estimate of drug-likeness (QED) is 0.148. The maximum atomic E-state index is 6.95. The van der Waals surface area contributed by atoms with Crippen molar-refractivity contribution in [2.75, 3.05) is 0 Å². The summed E-state index contributed by atoms with van der Waals surface area (Å²) in [6, 6.07) is 31.8. The molecule has 0 bridgehead atoms. The van der Waals surface area contributed by atoms with Gasteiger partial charge in [0.05, 0.1) is 5.58 Å². The largest absolute Gasteiger partial charge is 0.500 e. The van der Waals surface area contributed by atoms with E-state index in [-0.39, 0.29) is 36.4 Å². The van der Waals surface area contributed by atoms with Gasteiger partial charge in [0.15, 0.2) is 5.58 Å². The summed E-state index contributed by atoms with van der Waals surface area (Å²) in [5.74, 6) is 1.92. The molecule has 0 saturated heterocycles. The van der Waals surface area contributed by atoms with Gasteiger partial charge < -0.3 is 13.8 Å². The predicted molar refractivity (Wildman–Crippen MR) is 257 cm³/mol. The Hall–Kier alpha value is -4.97. The zero-order chi connectivity index (χ0) is 44.9. The summed E-state index contributed by atoms with van der Waals surface area (Å²) in [4.78, 5) is 18.8. The summed E-state index contributed by atoms with van der Waals surface area (Å²) in [7, 11) is 0. The Bertz CT molecular complexity index is 2820. The molecule has 4 heterocycles. The van der Waals surface area contributed by atoms with Crippen LogP contribution in [0.2, 0.25) is 0 Å². The van der Waals surface area contributed by atoms with E-state index < -0.39 is 0 Å². The molecule has 63 heavy (non-hydrogen) atoms. The summed E-state index contributed by atoms with van der Waals surface area (Å²) in [5.41, 5.74) is 15.5. The first kappa shape index (κ1) is 47.5. The smallest absolute Gasteiger partial charge is 0.200 e. The molecule has 0 aliphatic carbocycles. The van der Waals surface area contributed by atoms with Crippen molar-refractivity contribution in [2.24, 2.45) is 0 Å². The fourth-order valence-electron chi connectivity index (χ4n) is 7.95. The second-order valence-electron chi connectivity index (χ2n) is 20.9. The minimum absolute atomic E-state index is 0. The third kappa shape index (κ3) is 10.1. The molecule has 8 aromatic rings. The van der Waals surface area contributed by atoms with Crippen LogP contribution in [0.15, 0.2) is 94.2 Å². The first-order valence-electron chi connectivity index (χ1n) is 22.2. The van der Waals surface area contributed by atoms with E-state index in [1.165, 1.54) is 27.8 Å². The molecule has 331 valence electrons. The van der Waals surface area contributed by atoms with E-state index in [1.807, 2.05) is 36.5 Å². The van der Waals surface area contributed by atoms with E-state index in [0.29, 0.717) is 24.2 Å². The SMILES string of the molecule is CC(C)(C)c1ccc(-c2[c-]cccc2)nc1.CC(C)c1cc(C(C)C)c(Cc2c3oc(C(C)(C)C)nc3cc3c2oc2c(-c4cc(C(C)(C)C)ncn4)[c-]ccc23)c(C(C)C)c1.[Ir]. The monoisotopic (exact) mass is 1020 g/mol. The van der Waals surface area contributed by atoms with Crippen LogP contribution >= 0.6 is 0 Å². The van der Waals surface area contributed by atoms with Gasteiger partial charge in [0, 0.05) is 60.2 Å². The molecule has 1 radical (unpaired) electrons. The van der Waals surface area contributed by atoms with E-state index in [4.69, 9.17) is 13.8 Å². The Morgan fingerprint density at radius 3 is 1.84 bits per heavy atom. The molecule has 6 nitrogen and oxygen atoms in total. The van der Waals surface area contributed by atoms with Crippen molar-refractivity contribution >= 4 is 33.0 Å². The Morgan fingerprint density at radius 2 is 1.29 bits per heavy atom. The zero-order valence-corrected chi connectivity index (χ0v) is 42.4. The fourth-order valence-corrected chi connectivity index (χ4v) is 7.95. The van der Waals surface area contributed by atoms with Crippen molar-refractivity contribution in [2.45, 2.75) is 144 Å². The normalized spacial score (nSPS) is 12.4. The third-order valence-electron chi connectivity index (χ3n) is 11.7. The maximum absolute atomic E-state index is 6.95. The zero-order valence-electron chi connectivity index (χ0n) is 40.0. The predicted octanol–water partition coefficient (Wildman–Crippen LogP) is 15.4. The van der Waals surface area contributed by atoms with E-state index in [2.05, 4.69) is 173 Å². The minimum Gasteiger partial charge on any atom is -0.500 e. The van der Waals surface area contributed by atoms with Gasteiger partial charge in [-0.15, -0.1) is 54.1 Å². The molecule has 0 spiro atoms. The number of hydrogen-bond acceptors (Lipinski definition) is 6. The van der Waals surface area contributed by atoms with Crippen molar-refractivity contribution in [1.82, 2.24) is 19.9 Å². The summed E-state index contributed by atoms with van der Waals surface area (Å²) in [6.45, 7) is 33.2. The molecule has 0 fully saturated rings. The minimum atomic E-state index is -0.232. The van der Waals surface area contributed by atoms with Crippen LogP contribution in [0.1, 0.15) is 167 Å². The Balaban J connectivity index is 0.000000327. The van der Waals surface area contributed by atoms with Crippen molar-refractivity contribution < 1.29 is 28.9 Å². The number of pyridine rings is 1. The van der Waals surface area contributed by atoms with Gasteiger partial charge in [0.1, 0.15) is 17.4 Å². The average molecular weight is 1020 g/mol. The molecular weight excluding hydrogens is 953 g/mol. The second kappa shape index (κ2) is 18.3. The summed E-state index contributed by atoms with van der Waals surface area (Å²) >= 11 is 0. The van der Waals surface area contributed by atoms with Crippen LogP contribution in [-0.4, -0.2) is 19.9 Å². The standard InChI is InChI=1S/C41H48N3O2.C15H16N.Ir/c1-22(2)25-16-28(23(3)4)30(29(17-25)24(5)6)18-32-37-31(19-34-38(32)46-39(44-34)41(10,11)12)26-14-13-15-27(36(26)45-37)33-20-35(40(7,8)9)43-21-42-33;1-15(2,3)13-9-10-14(16-11-13)12-7-5-4-6-8-12;/h13-14,16-17,19-24H,18H2,1-12H3;4-7,9-11H,1-3H3;/q2*-1;. The molecule has 0 saturated carbocycles. The molecule has 4 aromatic heterocycles. The first-order chi connectivity index (χ1) is 29.1. The van der Waals surface area contributed by atoms with Crippen LogP contribution in [0.25, 0.3) is 55.6 Å². The molecule has 0 aliphatic rings. The van der Waals surface area contributed by atoms with Crippen LogP contribution in [0.5, 0.6) is 0 Å². The van der Waals surface area contributed by atoms with E-state index in [1.54, 1.807) is 6.33 Å². The fraction of sp³-hybridized carbons (Fsp3) is 0.393. The van der Waals surface area contributed by atoms with Gasteiger partial charge in [-0.2, -0.15) is 0 Å². The van der Waals surface area contributed by atoms with Crippen LogP contribution in [0, 0.1) is 12.1 Å². The van der Waals surface area contributed by atoms with Gasteiger partial charge in [-0.05, 0) is 68.4 Å². The molecule has 0 unspecified atom stereocenters. The number of furan rings is 1. The number of rotatable bonds is 7. The van der Waals surface area contributed by atoms with E-state index in [9.17, 15) is 0 Å². The van der Waals surface area contributed by atoms with Gasteiger partial charge in [0.25, 0.3) is 0 Å². The molecule has 0 amide bonds. The Kier molecular flexibility index (Phi) is 13.8. The third-order valence-corrected chi connectivity index (χ3v) is 11.7. The Labute approximate surface area is 389 Å². The maximum Gasteiger partial charge on any atom is 0.200 e. The van der Waals surface area contributed by atoms with Gasteiger partial charge >= 0.3 is 0 Å². The summed E-state index contributed by atoms with van der Waals surface area (Å²) in [6.07, 6.45) is 4.28. The molecular formula is C56H64IrN4O2-2.